The zero-order chi connectivity index (χ0) is 57.3. The smallest absolute Gasteiger partial charge is 0.0461 e. The second-order valence-corrected chi connectivity index (χ2v) is 24.5. The summed E-state index contributed by atoms with van der Waals surface area (Å²) in [4.78, 5) is 7.15. The maximum absolute atomic E-state index is 2.57. The minimum Gasteiger partial charge on any atom is -0.311 e. The Labute approximate surface area is 493 Å². The highest BCUT2D eigenvalue weighted by Gasteiger charge is 2.49. The quantitative estimate of drug-likeness (QED) is 0.0955. The summed E-state index contributed by atoms with van der Waals surface area (Å²) in [5.41, 5.74) is 21.8. The van der Waals surface area contributed by atoms with Crippen molar-refractivity contribution in [2.24, 2.45) is 5.92 Å². The van der Waals surface area contributed by atoms with Crippen molar-refractivity contribution in [1.82, 2.24) is 0 Å². The molecule has 0 amide bonds. The van der Waals surface area contributed by atoms with E-state index in [0.717, 1.165) is 6.42 Å². The maximum atomic E-state index is 2.57. The van der Waals surface area contributed by atoms with Crippen molar-refractivity contribution in [2.45, 2.75) is 156 Å². The topological polar surface area (TPSA) is 9.72 Å². The van der Waals surface area contributed by atoms with Gasteiger partial charge in [-0.05, 0) is 204 Å². The molecular weight excluding hydrogens is 991 g/mol. The summed E-state index contributed by atoms with van der Waals surface area (Å²) in [5, 5.41) is 0. The van der Waals surface area contributed by atoms with Crippen LogP contribution in [0.1, 0.15) is 149 Å². The Kier molecular flexibility index (Phi) is 18.0. The molecule has 3 heteroatoms. The highest BCUT2D eigenvalue weighted by Crippen LogP contribution is 2.56. The molecule has 3 nitrogen and oxygen atoms in total. The van der Waals surface area contributed by atoms with Crippen molar-refractivity contribution in [1.29, 1.82) is 0 Å². The van der Waals surface area contributed by atoms with Crippen molar-refractivity contribution in [3.05, 3.63) is 269 Å². The van der Waals surface area contributed by atoms with E-state index in [1.807, 2.05) is 6.07 Å². The van der Waals surface area contributed by atoms with Gasteiger partial charge < -0.3 is 14.7 Å². The summed E-state index contributed by atoms with van der Waals surface area (Å²) < 4.78 is 0. The summed E-state index contributed by atoms with van der Waals surface area (Å²) in [6.45, 7) is 20.6. The molecule has 0 N–H and O–H groups in total. The number of aryl methyl sites for hydroxylation is 5. The second kappa shape index (κ2) is 25.7. The van der Waals surface area contributed by atoms with E-state index in [4.69, 9.17) is 0 Å². The molecule has 2 atom stereocenters. The molecule has 0 spiro atoms. The third-order valence-electron chi connectivity index (χ3n) is 19.4. The predicted octanol–water partition coefficient (Wildman–Crippen LogP) is 23.1. The fourth-order valence-corrected chi connectivity index (χ4v) is 14.0. The van der Waals surface area contributed by atoms with Crippen LogP contribution in [0, 0.1) is 40.5 Å². The molecule has 0 saturated heterocycles. The van der Waals surface area contributed by atoms with Gasteiger partial charge in [-0.25, -0.2) is 0 Å². The van der Waals surface area contributed by atoms with Crippen molar-refractivity contribution in [3.8, 4) is 0 Å². The monoisotopic (exact) mass is 1080 g/mol. The van der Waals surface area contributed by atoms with Gasteiger partial charge in [0.25, 0.3) is 0 Å². The van der Waals surface area contributed by atoms with Gasteiger partial charge in [0.2, 0.25) is 0 Å². The third kappa shape index (κ3) is 12.1. The van der Waals surface area contributed by atoms with Crippen LogP contribution in [0.2, 0.25) is 0 Å². The Morgan fingerprint density at radius 2 is 0.622 bits per heavy atom. The largest absolute Gasteiger partial charge is 0.311 e. The van der Waals surface area contributed by atoms with Crippen LogP contribution in [0.3, 0.4) is 0 Å². The zero-order valence-electron chi connectivity index (χ0n) is 50.8. The van der Waals surface area contributed by atoms with Gasteiger partial charge in [-0.15, -0.1) is 0 Å². The van der Waals surface area contributed by atoms with E-state index < -0.39 is 0 Å². The van der Waals surface area contributed by atoms with Crippen LogP contribution < -0.4 is 14.7 Å². The lowest BCUT2D eigenvalue weighted by Crippen LogP contribution is -2.48. The van der Waals surface area contributed by atoms with Gasteiger partial charge in [0, 0.05) is 62.0 Å². The highest BCUT2D eigenvalue weighted by molar-refractivity contribution is 5.79. The van der Waals surface area contributed by atoms with Gasteiger partial charge in [0.15, 0.2) is 0 Å². The van der Waals surface area contributed by atoms with E-state index in [2.05, 4.69) is 295 Å². The average Bonchev–Trinajstić information content (AvgIpc) is 3.69. The third-order valence-corrected chi connectivity index (χ3v) is 19.4. The Morgan fingerprint density at radius 1 is 0.341 bits per heavy atom. The Hall–Kier alpha value is -7.62. The molecular formula is C79H89N3. The molecule has 9 aromatic rings. The fourth-order valence-electron chi connectivity index (χ4n) is 14.0. The minimum atomic E-state index is -0.0400. The first-order valence-corrected chi connectivity index (χ1v) is 31.0. The average molecular weight is 1080 g/mol. The van der Waals surface area contributed by atoms with Gasteiger partial charge in [0.05, 0.1) is 0 Å². The summed E-state index contributed by atoms with van der Waals surface area (Å²) >= 11 is 0. The van der Waals surface area contributed by atoms with Crippen molar-refractivity contribution in [3.63, 3.8) is 0 Å². The molecule has 420 valence electrons. The normalized spacial score (nSPS) is 15.7. The molecule has 0 aromatic heterocycles. The summed E-state index contributed by atoms with van der Waals surface area (Å²) in [6.07, 6.45) is 15.3. The van der Waals surface area contributed by atoms with Crippen LogP contribution in [0.25, 0.3) is 0 Å². The molecule has 11 rings (SSSR count). The Bertz CT molecular complexity index is 3310. The predicted molar refractivity (Wildman–Crippen MR) is 354 cm³/mol. The Balaban J connectivity index is 0.000000299. The Morgan fingerprint density at radius 3 is 0.939 bits per heavy atom. The molecule has 0 radical (unpaired) electrons. The van der Waals surface area contributed by atoms with Gasteiger partial charge in [-0.1, -0.05) is 216 Å². The number of hydrogen-bond donors (Lipinski definition) is 0. The minimum absolute atomic E-state index is 0.0375. The van der Waals surface area contributed by atoms with Crippen molar-refractivity contribution in [2.75, 3.05) is 14.7 Å². The molecule has 2 fully saturated rings. The highest BCUT2D eigenvalue weighted by atomic mass is 15.2. The summed E-state index contributed by atoms with van der Waals surface area (Å²) in [7, 11) is 0. The van der Waals surface area contributed by atoms with Gasteiger partial charge in [-0.2, -0.15) is 0 Å². The molecule has 2 unspecified atom stereocenters. The molecule has 9 aromatic carbocycles. The summed E-state index contributed by atoms with van der Waals surface area (Å²) in [5.74, 6) is 0.685. The number of nitrogens with zero attached hydrogens (tertiary/aromatic N) is 3. The number of anilines is 9. The van der Waals surface area contributed by atoms with Gasteiger partial charge in [0.1, 0.15) is 0 Å². The summed E-state index contributed by atoms with van der Waals surface area (Å²) in [6, 6.07) is 83.9. The lowest BCUT2D eigenvalue weighted by Gasteiger charge is -2.52. The standard InChI is InChI=1S/C59H70N2.C20H19N/c1-8-47(6)58(40-12-10-13-41-58)49-24-36-55(37-25-49)61(53-32-20-46(5)21-33-53)54-34-22-48(23-35-54)57(7,9-2)59(42-14-11-15-43-59)50-26-38-56(39-27-50)60(51-28-16-44(3)17-29-51)52-30-18-45(4)19-31-52;1-16-8-12-19(13-9-16)21(18-6-4-3-5-7-18)20-14-10-17(2)11-15-20/h16-39,47H,8-15,40-43H2,1-7H3;3-15H,1-2H3. The van der Waals surface area contributed by atoms with Crippen LogP contribution in [0.15, 0.2) is 224 Å². The molecule has 0 bridgehead atoms. The van der Waals surface area contributed by atoms with E-state index in [1.165, 1.54) is 166 Å². The van der Waals surface area contributed by atoms with E-state index in [1.54, 1.807) is 0 Å². The molecule has 2 saturated carbocycles. The number of hydrogen-bond acceptors (Lipinski definition) is 3. The molecule has 2 aliphatic rings. The van der Waals surface area contributed by atoms with E-state index in [-0.39, 0.29) is 10.8 Å². The first kappa shape index (κ1) is 57.6. The first-order chi connectivity index (χ1) is 39.8. The van der Waals surface area contributed by atoms with Crippen molar-refractivity contribution < 1.29 is 0 Å². The van der Waals surface area contributed by atoms with E-state index >= 15 is 0 Å². The number of rotatable bonds is 16. The lowest BCUT2D eigenvalue weighted by molar-refractivity contribution is 0.157. The molecule has 2 aliphatic carbocycles. The van der Waals surface area contributed by atoms with Crippen molar-refractivity contribution >= 4 is 51.2 Å². The fraction of sp³-hybridized carbons (Fsp3) is 0.316. The maximum Gasteiger partial charge on any atom is 0.0461 e. The van der Waals surface area contributed by atoms with E-state index in [0.29, 0.717) is 11.3 Å². The van der Waals surface area contributed by atoms with Crippen LogP contribution in [0.4, 0.5) is 51.2 Å². The second-order valence-electron chi connectivity index (χ2n) is 24.5. The van der Waals surface area contributed by atoms with Crippen LogP contribution in [-0.2, 0) is 16.2 Å². The molecule has 0 aliphatic heterocycles. The van der Waals surface area contributed by atoms with Crippen LogP contribution in [0.5, 0.6) is 0 Å². The van der Waals surface area contributed by atoms with E-state index in [9.17, 15) is 0 Å². The van der Waals surface area contributed by atoms with Gasteiger partial charge >= 0.3 is 0 Å². The lowest BCUT2D eigenvalue weighted by atomic mass is 9.51. The SMILES string of the molecule is CCC(C)C1(c2ccc(N(c3ccc(C)cc3)c3ccc(C(C)(CC)C4(c5ccc(N(c6ccc(C)cc6)c6ccc(C)cc6)cc5)CCCCC4)cc3)cc2)CCCCC1.Cc1ccc(N(c2ccccc2)c2ccc(C)cc2)cc1. The molecule has 0 heterocycles. The molecule has 82 heavy (non-hydrogen) atoms. The number of benzene rings is 9. The van der Waals surface area contributed by atoms with Crippen LogP contribution >= 0.6 is 0 Å². The zero-order valence-corrected chi connectivity index (χ0v) is 50.8. The van der Waals surface area contributed by atoms with Crippen LogP contribution in [-0.4, -0.2) is 0 Å². The van der Waals surface area contributed by atoms with Gasteiger partial charge in [-0.3, -0.25) is 0 Å². The number of para-hydroxylation sites is 1. The first-order valence-electron chi connectivity index (χ1n) is 31.0.